The van der Waals surface area contributed by atoms with Gasteiger partial charge in [-0.3, -0.25) is 14.8 Å². The van der Waals surface area contributed by atoms with Crippen molar-refractivity contribution < 1.29 is 14.8 Å². The predicted octanol–water partition coefficient (Wildman–Crippen LogP) is 3.36. The number of nitrogens with zero attached hydrogens (tertiary/aromatic N) is 1. The minimum Gasteiger partial charge on any atom is -0.355 e. The van der Waals surface area contributed by atoms with Gasteiger partial charge in [0.1, 0.15) is 11.4 Å². The third-order valence-corrected chi connectivity index (χ3v) is 5.88. The quantitative estimate of drug-likeness (QED) is 0.306. The van der Waals surface area contributed by atoms with Crippen LogP contribution in [0.25, 0.3) is 6.08 Å². The van der Waals surface area contributed by atoms with Crippen molar-refractivity contribution in [2.45, 2.75) is 50.5 Å². The maximum atomic E-state index is 13.4. The average Bonchev–Trinajstić information content (AvgIpc) is 2.74. The van der Waals surface area contributed by atoms with Gasteiger partial charge in [-0.15, -0.1) is 12.4 Å². The lowest BCUT2D eigenvalue weighted by Crippen LogP contribution is -2.59. The molecule has 4 N–H and O–H groups in total. The first kappa shape index (κ1) is 23.6. The molecule has 1 atom stereocenters. The lowest BCUT2D eigenvalue weighted by molar-refractivity contribution is -0.129. The zero-order chi connectivity index (χ0) is 20.0. The van der Waals surface area contributed by atoms with Crippen LogP contribution in [-0.2, 0) is 9.59 Å². The Morgan fingerprint density at radius 1 is 1.28 bits per heavy atom. The molecule has 0 unspecified atom stereocenters. The molecule has 0 radical (unpaired) electrons. The van der Waals surface area contributed by atoms with Crippen LogP contribution in [0.15, 0.2) is 18.3 Å². The van der Waals surface area contributed by atoms with Gasteiger partial charge in [0.25, 0.3) is 5.91 Å². The molecule has 3 rings (SSSR count). The average molecular weight is 443 g/mol. The number of amides is 1. The fraction of sp³-hybridized carbons (Fsp3) is 0.550. The predicted molar refractivity (Wildman–Crippen MR) is 115 cm³/mol. The van der Waals surface area contributed by atoms with Crippen molar-refractivity contribution in [3.05, 3.63) is 28.9 Å². The molecule has 0 aromatic carbocycles. The second-order valence-corrected chi connectivity index (χ2v) is 8.00. The summed E-state index contributed by atoms with van der Waals surface area (Å²) >= 11 is 6.41. The van der Waals surface area contributed by atoms with Crippen LogP contribution in [0.4, 0.5) is 5.82 Å². The summed E-state index contributed by atoms with van der Waals surface area (Å²) in [6.45, 7) is 1.47. The first-order valence-corrected chi connectivity index (χ1v) is 10.2. The number of hydrogen-bond donors (Lipinski definition) is 4. The molecule has 1 amide bonds. The van der Waals surface area contributed by atoms with Gasteiger partial charge in [-0.2, -0.15) is 0 Å². The summed E-state index contributed by atoms with van der Waals surface area (Å²) < 4.78 is 0. The number of nitrogens with one attached hydrogen (secondary N) is 3. The number of carbonyl (C=O) groups is 2. The molecule has 9 heteroatoms. The van der Waals surface area contributed by atoms with Crippen molar-refractivity contribution in [3.8, 4) is 0 Å². The Kier molecular flexibility index (Phi) is 8.89. The maximum absolute atomic E-state index is 13.4. The summed E-state index contributed by atoms with van der Waals surface area (Å²) in [5, 5.41) is 15.6. The van der Waals surface area contributed by atoms with Crippen LogP contribution < -0.4 is 16.1 Å². The van der Waals surface area contributed by atoms with E-state index >= 15 is 0 Å². The first-order chi connectivity index (χ1) is 13.5. The number of carbonyl (C=O) groups excluding carboxylic acids is 2. The van der Waals surface area contributed by atoms with Crippen LogP contribution in [0.3, 0.4) is 0 Å². The summed E-state index contributed by atoms with van der Waals surface area (Å²) in [7, 11) is 0. The van der Waals surface area contributed by atoms with E-state index in [1.165, 1.54) is 24.1 Å². The van der Waals surface area contributed by atoms with Crippen LogP contribution in [-0.4, -0.2) is 40.5 Å². The Bertz CT molecular complexity index is 745. The molecule has 160 valence electrons. The number of aromatic nitrogens is 1. The van der Waals surface area contributed by atoms with Gasteiger partial charge in [-0.1, -0.05) is 30.9 Å². The van der Waals surface area contributed by atoms with Crippen molar-refractivity contribution in [2.75, 3.05) is 18.4 Å². The maximum Gasteiger partial charge on any atom is 0.267 e. The van der Waals surface area contributed by atoms with Crippen LogP contribution in [0, 0.1) is 5.92 Å². The van der Waals surface area contributed by atoms with Crippen molar-refractivity contribution >= 4 is 47.6 Å². The molecule has 2 fully saturated rings. The third-order valence-electron chi connectivity index (χ3n) is 5.59. The molecule has 1 saturated heterocycles. The molecular weight excluding hydrogens is 415 g/mol. The zero-order valence-corrected chi connectivity index (χ0v) is 17.8. The van der Waals surface area contributed by atoms with Gasteiger partial charge in [0, 0.05) is 24.7 Å². The fourth-order valence-electron chi connectivity index (χ4n) is 4.11. The summed E-state index contributed by atoms with van der Waals surface area (Å²) in [6.07, 6.45) is 11.3. The lowest BCUT2D eigenvalue weighted by atomic mass is 9.75. The minimum atomic E-state index is -0.689. The first-order valence-electron chi connectivity index (χ1n) is 9.85. The lowest BCUT2D eigenvalue weighted by Gasteiger charge is -2.40. The molecule has 1 aliphatic carbocycles. The summed E-state index contributed by atoms with van der Waals surface area (Å²) in [5.74, 6) is 0.196. The number of Topliss-reactive ketones (excluding diaryl/α,β-unsaturated/α-hetero) is 1. The van der Waals surface area contributed by atoms with Crippen molar-refractivity contribution in [2.24, 2.45) is 5.92 Å². The Hall–Kier alpha value is -1.67. The van der Waals surface area contributed by atoms with E-state index in [-0.39, 0.29) is 24.1 Å². The van der Waals surface area contributed by atoms with Crippen molar-refractivity contribution in [3.63, 3.8) is 0 Å². The van der Waals surface area contributed by atoms with Crippen molar-refractivity contribution in [1.82, 2.24) is 15.8 Å². The Morgan fingerprint density at radius 2 is 2.03 bits per heavy atom. The monoisotopic (exact) mass is 442 g/mol. The number of hydrogen-bond acceptors (Lipinski definition) is 6. The van der Waals surface area contributed by atoms with Gasteiger partial charge in [-0.05, 0) is 49.9 Å². The Labute approximate surface area is 182 Å². The number of piperidine rings is 1. The zero-order valence-electron chi connectivity index (χ0n) is 16.2. The smallest absolute Gasteiger partial charge is 0.267 e. The van der Waals surface area contributed by atoms with Crippen LogP contribution in [0.2, 0.25) is 5.02 Å². The van der Waals surface area contributed by atoms with Gasteiger partial charge in [0.05, 0.1) is 5.02 Å². The normalized spacial score (nSPS) is 22.7. The topological polar surface area (TPSA) is 103 Å². The molecule has 1 aromatic rings. The number of pyridine rings is 1. The van der Waals surface area contributed by atoms with Crippen LogP contribution >= 0.6 is 24.0 Å². The summed E-state index contributed by atoms with van der Waals surface area (Å²) in [5.41, 5.74) is 1.46. The van der Waals surface area contributed by atoms with Gasteiger partial charge in [-0.25, -0.2) is 10.5 Å². The molecule has 7 nitrogen and oxygen atoms in total. The van der Waals surface area contributed by atoms with Crippen LogP contribution in [0.1, 0.15) is 50.5 Å². The van der Waals surface area contributed by atoms with Gasteiger partial charge < -0.3 is 10.6 Å². The highest BCUT2D eigenvalue weighted by Gasteiger charge is 2.43. The molecule has 2 aliphatic rings. The van der Waals surface area contributed by atoms with Crippen LogP contribution in [0.5, 0.6) is 0 Å². The highest BCUT2D eigenvalue weighted by atomic mass is 35.5. The van der Waals surface area contributed by atoms with E-state index in [1.54, 1.807) is 12.3 Å². The molecule has 0 spiro atoms. The van der Waals surface area contributed by atoms with E-state index in [0.29, 0.717) is 22.9 Å². The molecule has 1 aliphatic heterocycles. The number of anilines is 1. The number of rotatable bonds is 6. The highest BCUT2D eigenvalue weighted by molar-refractivity contribution is 6.33. The van der Waals surface area contributed by atoms with E-state index in [9.17, 15) is 9.59 Å². The molecule has 0 bridgehead atoms. The number of ketones is 1. The second-order valence-electron chi connectivity index (χ2n) is 7.60. The number of halogens is 2. The number of hydroxylamine groups is 1. The second kappa shape index (κ2) is 10.9. The van der Waals surface area contributed by atoms with E-state index in [1.807, 2.05) is 0 Å². The van der Waals surface area contributed by atoms with E-state index in [2.05, 4.69) is 15.6 Å². The SMILES string of the molecule is Cl.O=C(/C=C/c1cnc(N[C@]2(C(=O)C3CCCCC3)CCCNC2)c(Cl)c1)NO. The van der Waals surface area contributed by atoms with Gasteiger partial charge in [0.15, 0.2) is 5.78 Å². The molecule has 1 saturated carbocycles. The molecule has 1 aromatic heterocycles. The molecule has 29 heavy (non-hydrogen) atoms. The van der Waals surface area contributed by atoms with E-state index < -0.39 is 11.4 Å². The van der Waals surface area contributed by atoms with Crippen molar-refractivity contribution in [1.29, 1.82) is 0 Å². The highest BCUT2D eigenvalue weighted by Crippen LogP contribution is 2.34. The standard InChI is InChI=1S/C20H27ClN4O3.ClH/c21-16-11-14(7-8-17(26)25-28)12-23-19(16)24-20(9-4-10-22-13-20)18(27)15-5-2-1-3-6-15;/h7-8,11-12,15,22,28H,1-6,9-10,13H2,(H,23,24)(H,25,26);1H/b8-7+;/t20-;/m1./s1. The summed E-state index contributed by atoms with van der Waals surface area (Å²) in [6, 6.07) is 1.67. The molecule has 2 heterocycles. The Morgan fingerprint density at radius 3 is 2.66 bits per heavy atom. The molecular formula is C20H28Cl2N4O3. The minimum absolute atomic E-state index is 0. The van der Waals surface area contributed by atoms with E-state index in [0.717, 1.165) is 45.1 Å². The van der Waals surface area contributed by atoms with E-state index in [4.69, 9.17) is 16.8 Å². The van der Waals surface area contributed by atoms with Gasteiger partial charge >= 0.3 is 0 Å². The summed E-state index contributed by atoms with van der Waals surface area (Å²) in [4.78, 5) is 28.9. The van der Waals surface area contributed by atoms with Gasteiger partial charge in [0.2, 0.25) is 0 Å². The fourth-order valence-corrected chi connectivity index (χ4v) is 4.33. The third kappa shape index (κ3) is 5.92. The Balaban J connectivity index is 0.00000300. The largest absolute Gasteiger partial charge is 0.355 e.